The van der Waals surface area contributed by atoms with Gasteiger partial charge in [-0.1, -0.05) is 60.7 Å². The lowest BCUT2D eigenvalue weighted by molar-refractivity contribution is 0.0697. The van der Waals surface area contributed by atoms with Gasteiger partial charge >= 0.3 is 5.97 Å². The molecule has 0 aliphatic rings. The van der Waals surface area contributed by atoms with Crippen molar-refractivity contribution in [3.05, 3.63) is 89.5 Å². The van der Waals surface area contributed by atoms with Crippen LogP contribution in [0.1, 0.15) is 35.3 Å². The minimum Gasteiger partial charge on any atom is -0.478 e. The van der Waals surface area contributed by atoms with Crippen molar-refractivity contribution in [1.82, 2.24) is 5.32 Å². The van der Waals surface area contributed by atoms with Crippen LogP contribution in [-0.4, -0.2) is 30.7 Å². The summed E-state index contributed by atoms with van der Waals surface area (Å²) in [5.41, 5.74) is 5.75. The van der Waals surface area contributed by atoms with Gasteiger partial charge in [-0.15, -0.1) is 0 Å². The van der Waals surface area contributed by atoms with Crippen molar-refractivity contribution in [2.75, 3.05) is 18.5 Å². The van der Waals surface area contributed by atoms with Gasteiger partial charge in [-0.05, 0) is 61.2 Å². The molecular weight excluding hydrogens is 372 g/mol. The third-order valence-electron chi connectivity index (χ3n) is 5.43. The number of carbonyl (C=O) groups is 1. The zero-order chi connectivity index (χ0) is 21.5. The van der Waals surface area contributed by atoms with Gasteiger partial charge in [0.15, 0.2) is 0 Å². The number of rotatable bonds is 9. The standard InChI is InChI=1S/C26H30N2O2/c1-19(2)28(3)25-17-23(13-14-24(25)26(29)30)22-11-9-20(10-12-22)15-16-27-18-21-7-5-4-6-8-21/h4-14,17,19,27H,15-16,18H2,1-3H3,(H,29,30). The van der Waals surface area contributed by atoms with Crippen molar-refractivity contribution in [2.45, 2.75) is 32.9 Å². The highest BCUT2D eigenvalue weighted by atomic mass is 16.4. The number of carboxylic acids is 1. The Hall–Kier alpha value is -3.11. The molecule has 0 fully saturated rings. The average molecular weight is 403 g/mol. The third-order valence-corrected chi connectivity index (χ3v) is 5.43. The molecule has 0 atom stereocenters. The molecule has 0 spiro atoms. The van der Waals surface area contributed by atoms with Crippen LogP contribution in [0.2, 0.25) is 0 Å². The number of carboxylic acid groups (broad SMARTS) is 1. The summed E-state index contributed by atoms with van der Waals surface area (Å²) in [5, 5.41) is 13.0. The summed E-state index contributed by atoms with van der Waals surface area (Å²) in [5.74, 6) is -0.901. The Morgan fingerprint density at radius 2 is 1.60 bits per heavy atom. The molecule has 4 heteroatoms. The lowest BCUT2D eigenvalue weighted by atomic mass is 9.99. The van der Waals surface area contributed by atoms with Crippen LogP contribution in [0.25, 0.3) is 11.1 Å². The first kappa shape index (κ1) is 21.6. The molecule has 156 valence electrons. The van der Waals surface area contributed by atoms with Crippen LogP contribution in [0.15, 0.2) is 72.8 Å². The van der Waals surface area contributed by atoms with E-state index >= 15 is 0 Å². The average Bonchev–Trinajstić information content (AvgIpc) is 2.77. The van der Waals surface area contributed by atoms with Gasteiger partial charge in [0.05, 0.1) is 11.3 Å². The van der Waals surface area contributed by atoms with Crippen LogP contribution in [0.4, 0.5) is 5.69 Å². The minimum absolute atomic E-state index is 0.212. The largest absolute Gasteiger partial charge is 0.478 e. The zero-order valence-corrected chi connectivity index (χ0v) is 17.9. The molecule has 0 amide bonds. The number of benzene rings is 3. The smallest absolute Gasteiger partial charge is 0.337 e. The quantitative estimate of drug-likeness (QED) is 0.481. The molecule has 0 aliphatic heterocycles. The van der Waals surface area contributed by atoms with Crippen LogP contribution < -0.4 is 10.2 Å². The molecule has 0 unspecified atom stereocenters. The Labute approximate surface area is 179 Å². The van der Waals surface area contributed by atoms with Gasteiger partial charge in [-0.2, -0.15) is 0 Å². The molecule has 3 rings (SSSR count). The van der Waals surface area contributed by atoms with Crippen LogP contribution in [0, 0.1) is 0 Å². The number of nitrogens with one attached hydrogen (secondary N) is 1. The Morgan fingerprint density at radius 3 is 2.23 bits per heavy atom. The molecule has 30 heavy (non-hydrogen) atoms. The predicted octanol–water partition coefficient (Wildman–Crippen LogP) is 5.23. The molecule has 0 bridgehead atoms. The van der Waals surface area contributed by atoms with Gasteiger partial charge in [0, 0.05) is 19.6 Å². The number of hydrogen-bond donors (Lipinski definition) is 2. The molecule has 0 heterocycles. The molecule has 3 aromatic carbocycles. The second-order valence-electron chi connectivity index (χ2n) is 7.85. The summed E-state index contributed by atoms with van der Waals surface area (Å²) >= 11 is 0. The predicted molar refractivity (Wildman–Crippen MR) is 124 cm³/mol. The van der Waals surface area contributed by atoms with Crippen LogP contribution in [-0.2, 0) is 13.0 Å². The van der Waals surface area contributed by atoms with E-state index in [2.05, 4.69) is 67.7 Å². The first-order valence-corrected chi connectivity index (χ1v) is 10.4. The fourth-order valence-corrected chi connectivity index (χ4v) is 3.39. The molecule has 3 aromatic rings. The summed E-state index contributed by atoms with van der Waals surface area (Å²) < 4.78 is 0. The first-order chi connectivity index (χ1) is 14.5. The zero-order valence-electron chi connectivity index (χ0n) is 17.9. The van der Waals surface area contributed by atoms with E-state index in [1.54, 1.807) is 6.07 Å². The van der Waals surface area contributed by atoms with E-state index in [9.17, 15) is 9.90 Å². The highest BCUT2D eigenvalue weighted by Gasteiger charge is 2.16. The van der Waals surface area contributed by atoms with Crippen molar-refractivity contribution >= 4 is 11.7 Å². The van der Waals surface area contributed by atoms with Gasteiger partial charge in [0.25, 0.3) is 0 Å². The van der Waals surface area contributed by atoms with E-state index in [4.69, 9.17) is 0 Å². The van der Waals surface area contributed by atoms with Crippen molar-refractivity contribution in [3.8, 4) is 11.1 Å². The Balaban J connectivity index is 1.66. The van der Waals surface area contributed by atoms with E-state index in [0.29, 0.717) is 5.56 Å². The Bertz CT molecular complexity index is 966. The summed E-state index contributed by atoms with van der Waals surface area (Å²) in [7, 11) is 1.93. The lowest BCUT2D eigenvalue weighted by Gasteiger charge is -2.26. The fourth-order valence-electron chi connectivity index (χ4n) is 3.39. The summed E-state index contributed by atoms with van der Waals surface area (Å²) in [6, 6.07) is 24.7. The van der Waals surface area contributed by atoms with E-state index in [-0.39, 0.29) is 6.04 Å². The Morgan fingerprint density at radius 1 is 0.933 bits per heavy atom. The molecule has 4 nitrogen and oxygen atoms in total. The number of nitrogens with zero attached hydrogens (tertiary/aromatic N) is 1. The summed E-state index contributed by atoms with van der Waals surface area (Å²) in [6.45, 7) is 5.91. The third kappa shape index (κ3) is 5.49. The van der Waals surface area contributed by atoms with Gasteiger partial charge in [-0.25, -0.2) is 4.79 Å². The maximum Gasteiger partial charge on any atom is 0.337 e. The van der Waals surface area contributed by atoms with Crippen molar-refractivity contribution in [1.29, 1.82) is 0 Å². The molecule has 0 saturated carbocycles. The minimum atomic E-state index is -0.901. The molecule has 0 radical (unpaired) electrons. The van der Waals surface area contributed by atoms with Crippen LogP contribution >= 0.6 is 0 Å². The number of aromatic carboxylic acids is 1. The van der Waals surface area contributed by atoms with Crippen molar-refractivity contribution < 1.29 is 9.90 Å². The SMILES string of the molecule is CC(C)N(C)c1cc(-c2ccc(CCNCc3ccccc3)cc2)ccc1C(=O)O. The second kappa shape index (κ2) is 10.1. The van der Waals surface area contributed by atoms with E-state index in [1.807, 2.05) is 30.1 Å². The monoisotopic (exact) mass is 402 g/mol. The van der Waals surface area contributed by atoms with Gasteiger partial charge in [0.2, 0.25) is 0 Å². The topological polar surface area (TPSA) is 52.6 Å². The maximum atomic E-state index is 11.6. The van der Waals surface area contributed by atoms with Crippen molar-refractivity contribution in [3.63, 3.8) is 0 Å². The normalized spacial score (nSPS) is 10.9. The van der Waals surface area contributed by atoms with E-state index < -0.39 is 5.97 Å². The van der Waals surface area contributed by atoms with Crippen LogP contribution in [0.3, 0.4) is 0 Å². The maximum absolute atomic E-state index is 11.6. The molecule has 2 N–H and O–H groups in total. The van der Waals surface area contributed by atoms with Gasteiger partial charge in [-0.3, -0.25) is 0 Å². The lowest BCUT2D eigenvalue weighted by Crippen LogP contribution is -2.27. The van der Waals surface area contributed by atoms with E-state index in [1.165, 1.54) is 11.1 Å². The highest BCUT2D eigenvalue weighted by Crippen LogP contribution is 2.29. The molecule has 0 aliphatic carbocycles. The molecule has 0 aromatic heterocycles. The van der Waals surface area contributed by atoms with Gasteiger partial charge < -0.3 is 15.3 Å². The first-order valence-electron chi connectivity index (χ1n) is 10.4. The fraction of sp³-hybridized carbons (Fsp3) is 0.269. The summed E-state index contributed by atoms with van der Waals surface area (Å²) in [4.78, 5) is 13.6. The second-order valence-corrected chi connectivity index (χ2v) is 7.85. The van der Waals surface area contributed by atoms with Crippen LogP contribution in [0.5, 0.6) is 0 Å². The Kier molecular flexibility index (Phi) is 7.26. The highest BCUT2D eigenvalue weighted by molar-refractivity contribution is 5.95. The molecule has 0 saturated heterocycles. The van der Waals surface area contributed by atoms with E-state index in [0.717, 1.165) is 36.3 Å². The number of anilines is 1. The molecular formula is C26H30N2O2. The van der Waals surface area contributed by atoms with Crippen molar-refractivity contribution in [2.24, 2.45) is 0 Å². The number of hydrogen-bond acceptors (Lipinski definition) is 3. The van der Waals surface area contributed by atoms with Gasteiger partial charge in [0.1, 0.15) is 0 Å². The summed E-state index contributed by atoms with van der Waals surface area (Å²) in [6.07, 6.45) is 0.965.